The highest BCUT2D eigenvalue weighted by atomic mass is 32.2. The number of hydrogen-bond donors (Lipinski definition) is 0. The Bertz CT molecular complexity index is 784. The van der Waals surface area contributed by atoms with Crippen LogP contribution in [0.1, 0.15) is 11.1 Å². The quantitative estimate of drug-likeness (QED) is 0.747. The normalized spacial score (nSPS) is 16.5. The van der Waals surface area contributed by atoms with Crippen molar-refractivity contribution in [3.63, 3.8) is 0 Å². The van der Waals surface area contributed by atoms with Crippen LogP contribution in [0.25, 0.3) is 0 Å². The summed E-state index contributed by atoms with van der Waals surface area (Å²) >= 11 is 0. The Hall–Kier alpha value is -1.89. The van der Waals surface area contributed by atoms with Gasteiger partial charge >= 0.3 is 0 Å². The minimum Gasteiger partial charge on any atom is -0.497 e. The van der Waals surface area contributed by atoms with Crippen LogP contribution in [-0.4, -0.2) is 57.5 Å². The predicted octanol–water partition coefficient (Wildman–Crippen LogP) is 2.39. The molecule has 1 aliphatic rings. The van der Waals surface area contributed by atoms with E-state index >= 15 is 0 Å². The Balaban J connectivity index is 1.47. The fourth-order valence-electron chi connectivity index (χ4n) is 3.19. The summed E-state index contributed by atoms with van der Waals surface area (Å²) in [7, 11) is -1.57. The largest absolute Gasteiger partial charge is 0.497 e. The van der Waals surface area contributed by atoms with E-state index < -0.39 is 10.0 Å². The smallest absolute Gasteiger partial charge is 0.218 e. The maximum Gasteiger partial charge on any atom is 0.218 e. The lowest BCUT2D eigenvalue weighted by molar-refractivity contribution is 0.190. The Morgan fingerprint density at radius 3 is 2.15 bits per heavy atom. The molecule has 6 heteroatoms. The van der Waals surface area contributed by atoms with E-state index in [2.05, 4.69) is 17.0 Å². The first kappa shape index (κ1) is 18.9. The van der Waals surface area contributed by atoms with E-state index in [1.54, 1.807) is 11.4 Å². The van der Waals surface area contributed by atoms with E-state index in [4.69, 9.17) is 4.74 Å². The molecular weight excluding hydrogens is 348 g/mol. The molecular formula is C20H26N2O3S. The number of sulfonamides is 1. The molecule has 0 N–H and O–H groups in total. The zero-order valence-corrected chi connectivity index (χ0v) is 16.0. The summed E-state index contributed by atoms with van der Waals surface area (Å²) in [5, 5.41) is 0. The number of nitrogens with zero attached hydrogens (tertiary/aromatic N) is 2. The highest BCUT2D eigenvalue weighted by Crippen LogP contribution is 2.15. The molecule has 5 nitrogen and oxygen atoms in total. The zero-order valence-electron chi connectivity index (χ0n) is 15.2. The standard InChI is InChI=1S/C20H26N2O3S/c1-25-20-9-7-18(8-10-20)11-12-21-13-15-22(16-14-21)26(23,24)17-19-5-3-2-4-6-19/h2-10H,11-17H2,1H3. The van der Waals surface area contributed by atoms with E-state index in [0.717, 1.165) is 37.4 Å². The van der Waals surface area contributed by atoms with E-state index in [1.807, 2.05) is 42.5 Å². The Morgan fingerprint density at radius 1 is 0.885 bits per heavy atom. The van der Waals surface area contributed by atoms with Crippen LogP contribution in [0.15, 0.2) is 54.6 Å². The van der Waals surface area contributed by atoms with E-state index in [0.29, 0.717) is 13.1 Å². The van der Waals surface area contributed by atoms with Gasteiger partial charge in [0.2, 0.25) is 10.0 Å². The van der Waals surface area contributed by atoms with Crippen molar-refractivity contribution in [3.05, 3.63) is 65.7 Å². The average Bonchev–Trinajstić information content (AvgIpc) is 2.67. The Morgan fingerprint density at radius 2 is 1.54 bits per heavy atom. The summed E-state index contributed by atoms with van der Waals surface area (Å²) in [6.07, 6.45) is 0.959. The Labute approximate surface area is 156 Å². The molecule has 0 amide bonds. The van der Waals surface area contributed by atoms with Gasteiger partial charge in [-0.2, -0.15) is 4.31 Å². The van der Waals surface area contributed by atoms with Crippen LogP contribution in [-0.2, 0) is 22.2 Å². The molecule has 1 saturated heterocycles. The molecule has 0 radical (unpaired) electrons. The molecule has 0 aliphatic carbocycles. The first-order chi connectivity index (χ1) is 12.6. The van der Waals surface area contributed by atoms with Crippen LogP contribution in [0.2, 0.25) is 0 Å². The molecule has 0 unspecified atom stereocenters. The summed E-state index contributed by atoms with van der Waals surface area (Å²) in [5.41, 5.74) is 2.11. The second-order valence-corrected chi connectivity index (χ2v) is 8.55. The van der Waals surface area contributed by atoms with Crippen LogP contribution in [0, 0.1) is 0 Å². The SMILES string of the molecule is COc1ccc(CCN2CCN(S(=O)(=O)Cc3ccccc3)CC2)cc1. The van der Waals surface area contributed by atoms with Crippen LogP contribution >= 0.6 is 0 Å². The fraction of sp³-hybridized carbons (Fsp3) is 0.400. The minimum atomic E-state index is -3.24. The van der Waals surface area contributed by atoms with Crippen LogP contribution in [0.5, 0.6) is 5.75 Å². The van der Waals surface area contributed by atoms with Crippen LogP contribution in [0.3, 0.4) is 0 Å². The fourth-order valence-corrected chi connectivity index (χ4v) is 4.70. The molecule has 0 saturated carbocycles. The molecule has 3 rings (SSSR count). The number of benzene rings is 2. The number of methoxy groups -OCH3 is 1. The second kappa shape index (κ2) is 8.66. The van der Waals surface area contributed by atoms with Crippen molar-refractivity contribution in [1.29, 1.82) is 0 Å². The highest BCUT2D eigenvalue weighted by Gasteiger charge is 2.26. The molecule has 140 valence electrons. The summed E-state index contributed by atoms with van der Waals surface area (Å²) in [4.78, 5) is 2.33. The molecule has 26 heavy (non-hydrogen) atoms. The van der Waals surface area contributed by atoms with Crippen molar-refractivity contribution < 1.29 is 13.2 Å². The maximum absolute atomic E-state index is 12.6. The van der Waals surface area contributed by atoms with Crippen LogP contribution in [0.4, 0.5) is 0 Å². The lowest BCUT2D eigenvalue weighted by atomic mass is 10.1. The zero-order chi connectivity index (χ0) is 18.4. The molecule has 0 bridgehead atoms. The summed E-state index contributed by atoms with van der Waals surface area (Å²) < 4.78 is 32.0. The molecule has 0 atom stereocenters. The van der Waals surface area contributed by atoms with Gasteiger partial charge in [-0.15, -0.1) is 0 Å². The monoisotopic (exact) mass is 374 g/mol. The second-order valence-electron chi connectivity index (χ2n) is 6.58. The van der Waals surface area contributed by atoms with Crippen molar-refractivity contribution >= 4 is 10.0 Å². The van der Waals surface area contributed by atoms with Crippen molar-refractivity contribution in [1.82, 2.24) is 9.21 Å². The maximum atomic E-state index is 12.6. The third kappa shape index (κ3) is 5.06. The molecule has 1 fully saturated rings. The van der Waals surface area contributed by atoms with E-state index in [9.17, 15) is 8.42 Å². The molecule has 0 spiro atoms. The van der Waals surface area contributed by atoms with Gasteiger partial charge in [-0.1, -0.05) is 42.5 Å². The molecule has 1 heterocycles. The van der Waals surface area contributed by atoms with Gasteiger partial charge in [0.25, 0.3) is 0 Å². The van der Waals surface area contributed by atoms with Crippen molar-refractivity contribution in [2.24, 2.45) is 0 Å². The van der Waals surface area contributed by atoms with Gasteiger partial charge in [-0.25, -0.2) is 8.42 Å². The predicted molar refractivity (Wildman–Crippen MR) is 104 cm³/mol. The van der Waals surface area contributed by atoms with Gasteiger partial charge in [0.1, 0.15) is 5.75 Å². The number of piperazine rings is 1. The molecule has 2 aromatic carbocycles. The molecule has 2 aromatic rings. The van der Waals surface area contributed by atoms with Gasteiger partial charge in [-0.3, -0.25) is 0 Å². The highest BCUT2D eigenvalue weighted by molar-refractivity contribution is 7.88. The first-order valence-corrected chi connectivity index (χ1v) is 10.5. The van der Waals surface area contributed by atoms with Gasteiger partial charge in [0.15, 0.2) is 0 Å². The van der Waals surface area contributed by atoms with E-state index in [-0.39, 0.29) is 5.75 Å². The van der Waals surface area contributed by atoms with Crippen molar-refractivity contribution in [3.8, 4) is 5.75 Å². The lowest BCUT2D eigenvalue weighted by Gasteiger charge is -2.34. The summed E-state index contributed by atoms with van der Waals surface area (Å²) in [6.45, 7) is 3.64. The number of rotatable bonds is 7. The Kier molecular flexibility index (Phi) is 6.29. The summed E-state index contributed by atoms with van der Waals surface area (Å²) in [6, 6.07) is 17.5. The lowest BCUT2D eigenvalue weighted by Crippen LogP contribution is -2.49. The minimum absolute atomic E-state index is 0.0830. The van der Waals surface area contributed by atoms with Crippen LogP contribution < -0.4 is 4.74 Å². The molecule has 0 aromatic heterocycles. The average molecular weight is 375 g/mol. The van der Waals surface area contributed by atoms with Gasteiger partial charge in [0, 0.05) is 32.7 Å². The molecule has 1 aliphatic heterocycles. The number of ether oxygens (including phenoxy) is 1. The third-order valence-electron chi connectivity index (χ3n) is 4.79. The van der Waals surface area contributed by atoms with Crippen molar-refractivity contribution in [2.75, 3.05) is 39.8 Å². The van der Waals surface area contributed by atoms with Gasteiger partial charge < -0.3 is 9.64 Å². The van der Waals surface area contributed by atoms with Gasteiger partial charge in [0.05, 0.1) is 12.9 Å². The van der Waals surface area contributed by atoms with E-state index in [1.165, 1.54) is 5.56 Å². The topological polar surface area (TPSA) is 49.9 Å². The van der Waals surface area contributed by atoms with Crippen molar-refractivity contribution in [2.45, 2.75) is 12.2 Å². The third-order valence-corrected chi connectivity index (χ3v) is 6.64. The first-order valence-electron chi connectivity index (χ1n) is 8.94. The van der Waals surface area contributed by atoms with Gasteiger partial charge in [-0.05, 0) is 29.7 Å². The summed E-state index contributed by atoms with van der Waals surface area (Å²) in [5.74, 6) is 0.950. The number of hydrogen-bond acceptors (Lipinski definition) is 4.